The number of aryl methyl sites for hydroxylation is 1. The van der Waals surface area contributed by atoms with Gasteiger partial charge in [-0.15, -0.1) is 0 Å². The Morgan fingerprint density at radius 2 is 1.85 bits per heavy atom. The molecule has 134 valence electrons. The van der Waals surface area contributed by atoms with Gasteiger partial charge < -0.3 is 10.2 Å². The molecule has 5 nitrogen and oxygen atoms in total. The van der Waals surface area contributed by atoms with E-state index in [0.717, 1.165) is 11.4 Å². The van der Waals surface area contributed by atoms with Gasteiger partial charge in [0.2, 0.25) is 11.0 Å². The van der Waals surface area contributed by atoms with Gasteiger partial charge in [-0.1, -0.05) is 29.8 Å². The molecule has 0 saturated carbocycles. The second-order valence-electron chi connectivity index (χ2n) is 6.07. The molecule has 1 N–H and O–H groups in total. The fourth-order valence-electron chi connectivity index (χ4n) is 2.38. The van der Waals surface area contributed by atoms with Crippen molar-refractivity contribution in [3.05, 3.63) is 71.3 Å². The zero-order valence-corrected chi connectivity index (χ0v) is 15.4. The highest BCUT2D eigenvalue weighted by atomic mass is 32.1. The van der Waals surface area contributed by atoms with E-state index >= 15 is 0 Å². The summed E-state index contributed by atoms with van der Waals surface area (Å²) >= 11 is 1.27. The van der Waals surface area contributed by atoms with Crippen LogP contribution in [-0.2, 0) is 11.2 Å². The fourth-order valence-corrected chi connectivity index (χ4v) is 3.02. The molecule has 0 bridgehead atoms. The summed E-state index contributed by atoms with van der Waals surface area (Å²) in [5, 5.41) is 3.41. The smallest absolute Gasteiger partial charge is 0.243 e. The number of carbonyl (C=O) groups excluding carboxylic acids is 1. The van der Waals surface area contributed by atoms with Crippen LogP contribution in [0.3, 0.4) is 0 Å². The molecule has 0 atom stereocenters. The van der Waals surface area contributed by atoms with Gasteiger partial charge in [0.1, 0.15) is 11.6 Å². The van der Waals surface area contributed by atoms with Gasteiger partial charge in [0, 0.05) is 30.7 Å². The van der Waals surface area contributed by atoms with Crippen molar-refractivity contribution in [2.45, 2.75) is 13.3 Å². The highest BCUT2D eigenvalue weighted by molar-refractivity contribution is 7.09. The standard InChI is InChI=1S/C19H19FN4OS/c1-13-3-5-14(6-4-13)11-17-22-19(26-23-17)24(2)12-18(25)21-16-9-7-15(20)8-10-16/h3-10H,11-12H2,1-2H3,(H,21,25). The molecule has 0 aliphatic heterocycles. The zero-order valence-electron chi connectivity index (χ0n) is 14.6. The van der Waals surface area contributed by atoms with E-state index in [-0.39, 0.29) is 18.3 Å². The average Bonchev–Trinajstić information content (AvgIpc) is 3.08. The van der Waals surface area contributed by atoms with Crippen LogP contribution in [0.2, 0.25) is 0 Å². The van der Waals surface area contributed by atoms with Crippen LogP contribution in [0.5, 0.6) is 0 Å². The van der Waals surface area contributed by atoms with E-state index in [9.17, 15) is 9.18 Å². The van der Waals surface area contributed by atoms with Gasteiger partial charge in [0.05, 0.1) is 6.54 Å². The van der Waals surface area contributed by atoms with Crippen molar-refractivity contribution in [2.24, 2.45) is 0 Å². The summed E-state index contributed by atoms with van der Waals surface area (Å²) in [6, 6.07) is 13.9. The largest absolute Gasteiger partial charge is 0.341 e. The Bertz CT molecular complexity index is 877. The van der Waals surface area contributed by atoms with Crippen molar-refractivity contribution in [3.8, 4) is 0 Å². The molecule has 0 aliphatic rings. The third-order valence-corrected chi connectivity index (χ3v) is 4.64. The average molecular weight is 370 g/mol. The highest BCUT2D eigenvalue weighted by Gasteiger charge is 2.13. The van der Waals surface area contributed by atoms with E-state index in [1.54, 1.807) is 11.9 Å². The van der Waals surface area contributed by atoms with E-state index < -0.39 is 0 Å². The van der Waals surface area contributed by atoms with Gasteiger partial charge in [-0.25, -0.2) is 9.37 Å². The number of benzene rings is 2. The van der Waals surface area contributed by atoms with Gasteiger partial charge in [0.25, 0.3) is 0 Å². The third kappa shape index (κ3) is 4.86. The SMILES string of the molecule is Cc1ccc(Cc2nsc(N(C)CC(=O)Nc3ccc(F)cc3)n2)cc1. The number of hydrogen-bond donors (Lipinski definition) is 1. The molecule has 0 spiro atoms. The van der Waals surface area contributed by atoms with Crippen LogP contribution in [0, 0.1) is 12.7 Å². The van der Waals surface area contributed by atoms with Crippen molar-refractivity contribution in [2.75, 3.05) is 23.8 Å². The van der Waals surface area contributed by atoms with Crippen molar-refractivity contribution >= 4 is 28.3 Å². The molecular formula is C19H19FN4OS. The molecule has 3 rings (SSSR count). The number of nitrogens with one attached hydrogen (secondary N) is 1. The molecule has 26 heavy (non-hydrogen) atoms. The minimum Gasteiger partial charge on any atom is -0.341 e. The van der Waals surface area contributed by atoms with Crippen LogP contribution in [0.4, 0.5) is 15.2 Å². The van der Waals surface area contributed by atoms with Crippen LogP contribution in [0.1, 0.15) is 17.0 Å². The second-order valence-corrected chi connectivity index (χ2v) is 6.80. The summed E-state index contributed by atoms with van der Waals surface area (Å²) in [4.78, 5) is 18.4. The lowest BCUT2D eigenvalue weighted by Gasteiger charge is -2.14. The molecule has 1 heterocycles. The van der Waals surface area contributed by atoms with Crippen LogP contribution in [0.25, 0.3) is 0 Å². The Kier molecular flexibility index (Phi) is 5.58. The highest BCUT2D eigenvalue weighted by Crippen LogP contribution is 2.18. The number of amides is 1. The van der Waals surface area contributed by atoms with Crippen LogP contribution in [-0.4, -0.2) is 28.9 Å². The van der Waals surface area contributed by atoms with E-state index in [1.807, 2.05) is 0 Å². The lowest BCUT2D eigenvalue weighted by Crippen LogP contribution is -2.30. The molecule has 7 heteroatoms. The zero-order chi connectivity index (χ0) is 18.5. The Labute approximate surface area is 155 Å². The number of likely N-dealkylation sites (N-methyl/N-ethyl adjacent to an activating group) is 1. The quantitative estimate of drug-likeness (QED) is 0.720. The summed E-state index contributed by atoms with van der Waals surface area (Å²) in [6.45, 7) is 2.19. The minimum atomic E-state index is -0.338. The van der Waals surface area contributed by atoms with E-state index in [2.05, 4.69) is 45.9 Å². The number of rotatable bonds is 6. The first kappa shape index (κ1) is 18.0. The molecule has 1 aromatic heterocycles. The summed E-state index contributed by atoms with van der Waals surface area (Å²) < 4.78 is 17.3. The number of aromatic nitrogens is 2. The van der Waals surface area contributed by atoms with Crippen LogP contribution >= 0.6 is 11.5 Å². The van der Waals surface area contributed by atoms with Crippen molar-refractivity contribution in [3.63, 3.8) is 0 Å². The lowest BCUT2D eigenvalue weighted by molar-refractivity contribution is -0.114. The van der Waals surface area contributed by atoms with Crippen molar-refractivity contribution in [1.29, 1.82) is 0 Å². The topological polar surface area (TPSA) is 58.1 Å². The first-order chi connectivity index (χ1) is 12.5. The maximum absolute atomic E-state index is 12.9. The molecule has 0 saturated heterocycles. The predicted octanol–water partition coefficient (Wildman–Crippen LogP) is 3.65. The van der Waals surface area contributed by atoms with Gasteiger partial charge in [-0.3, -0.25) is 4.79 Å². The van der Waals surface area contributed by atoms with E-state index in [1.165, 1.54) is 41.4 Å². The summed E-state index contributed by atoms with van der Waals surface area (Å²) in [5.74, 6) is 0.198. The Balaban J connectivity index is 1.57. The number of nitrogens with zero attached hydrogens (tertiary/aromatic N) is 3. The monoisotopic (exact) mass is 370 g/mol. The fraction of sp³-hybridized carbons (Fsp3) is 0.211. The van der Waals surface area contributed by atoms with Crippen LogP contribution < -0.4 is 10.2 Å². The number of hydrogen-bond acceptors (Lipinski definition) is 5. The lowest BCUT2D eigenvalue weighted by atomic mass is 10.1. The molecular weight excluding hydrogens is 351 g/mol. The molecule has 1 amide bonds. The molecule has 0 radical (unpaired) electrons. The Morgan fingerprint density at radius 3 is 2.54 bits per heavy atom. The van der Waals surface area contributed by atoms with Gasteiger partial charge in [-0.05, 0) is 36.8 Å². The maximum atomic E-state index is 12.9. The van der Waals surface area contributed by atoms with E-state index in [0.29, 0.717) is 17.2 Å². The molecule has 0 aliphatic carbocycles. The summed E-state index contributed by atoms with van der Waals surface area (Å²) in [5.41, 5.74) is 2.92. The summed E-state index contributed by atoms with van der Waals surface area (Å²) in [7, 11) is 1.79. The first-order valence-electron chi connectivity index (χ1n) is 8.14. The second kappa shape index (κ2) is 8.05. The number of anilines is 2. The van der Waals surface area contributed by atoms with Crippen LogP contribution in [0.15, 0.2) is 48.5 Å². The van der Waals surface area contributed by atoms with Crippen molar-refractivity contribution in [1.82, 2.24) is 9.36 Å². The molecule has 3 aromatic rings. The maximum Gasteiger partial charge on any atom is 0.243 e. The van der Waals surface area contributed by atoms with Crippen molar-refractivity contribution < 1.29 is 9.18 Å². The molecule has 2 aromatic carbocycles. The predicted molar refractivity (Wildman–Crippen MR) is 102 cm³/mol. The number of halogens is 1. The molecule has 0 unspecified atom stereocenters. The minimum absolute atomic E-state index is 0.135. The molecule has 0 fully saturated rings. The normalized spacial score (nSPS) is 10.6. The van der Waals surface area contributed by atoms with Gasteiger partial charge >= 0.3 is 0 Å². The van der Waals surface area contributed by atoms with E-state index in [4.69, 9.17) is 0 Å². The Hall–Kier alpha value is -2.80. The summed E-state index contributed by atoms with van der Waals surface area (Å²) in [6.07, 6.45) is 0.659. The number of carbonyl (C=O) groups is 1. The first-order valence-corrected chi connectivity index (χ1v) is 8.91. The van der Waals surface area contributed by atoms with Gasteiger partial charge in [-0.2, -0.15) is 4.37 Å². The third-order valence-electron chi connectivity index (χ3n) is 3.78. The Morgan fingerprint density at radius 1 is 1.15 bits per heavy atom. The van der Waals surface area contributed by atoms with Gasteiger partial charge in [0.15, 0.2) is 0 Å².